The molecule has 1 aromatic rings. The average Bonchev–Trinajstić information content (AvgIpc) is 2.91. The number of rotatable bonds is 6. The van der Waals surface area contributed by atoms with Crippen LogP contribution in [-0.2, 0) is 6.54 Å². The topological polar surface area (TPSA) is 28.2 Å². The lowest BCUT2D eigenvalue weighted by atomic mass is 9.98. The smallest absolute Gasteiger partial charge is 0.0271 e. The van der Waals surface area contributed by atoms with E-state index in [9.17, 15) is 0 Å². The first kappa shape index (κ1) is 13.5. The molecule has 0 amide bonds. The molecule has 0 aromatic carbocycles. The lowest BCUT2D eigenvalue weighted by Crippen LogP contribution is -2.42. The van der Waals surface area contributed by atoms with Crippen LogP contribution in [0.25, 0.3) is 0 Å². The van der Waals surface area contributed by atoms with Crippen molar-refractivity contribution in [3.63, 3.8) is 0 Å². The van der Waals surface area contributed by atoms with Crippen LogP contribution in [0.15, 0.2) is 24.5 Å². The van der Waals surface area contributed by atoms with Gasteiger partial charge in [-0.1, -0.05) is 12.8 Å². The number of nitrogens with zero attached hydrogens (tertiary/aromatic N) is 2. The number of likely N-dealkylation sites (N-methyl/N-ethyl adjacent to an activating group) is 2. The fourth-order valence-corrected chi connectivity index (χ4v) is 3.04. The molecule has 1 aromatic heterocycles. The van der Waals surface area contributed by atoms with Gasteiger partial charge in [-0.3, -0.25) is 4.98 Å². The van der Waals surface area contributed by atoms with Crippen molar-refractivity contribution in [1.82, 2.24) is 15.2 Å². The monoisotopic (exact) mass is 247 g/mol. The van der Waals surface area contributed by atoms with Gasteiger partial charge in [-0.15, -0.1) is 0 Å². The highest BCUT2D eigenvalue weighted by Gasteiger charge is 2.24. The van der Waals surface area contributed by atoms with Crippen LogP contribution in [0.2, 0.25) is 0 Å². The first-order valence-electron chi connectivity index (χ1n) is 7.04. The Labute approximate surface area is 111 Å². The van der Waals surface area contributed by atoms with E-state index in [4.69, 9.17) is 0 Å². The average molecular weight is 247 g/mol. The van der Waals surface area contributed by atoms with E-state index in [0.717, 1.165) is 19.0 Å². The summed E-state index contributed by atoms with van der Waals surface area (Å²) in [5.74, 6) is 0.870. The standard InChI is InChI=1S/C15H25N3/c1-16-15(14-5-3-4-6-14)12-18(2)11-13-7-9-17-10-8-13/h7-10,14-16H,3-6,11-12H2,1-2H3. The first-order chi connectivity index (χ1) is 8.79. The Morgan fingerprint density at radius 2 is 2.00 bits per heavy atom. The number of hydrogen-bond donors (Lipinski definition) is 1. The van der Waals surface area contributed by atoms with Crippen LogP contribution in [0.4, 0.5) is 0 Å². The quantitative estimate of drug-likeness (QED) is 0.836. The molecular weight excluding hydrogens is 222 g/mol. The highest BCUT2D eigenvalue weighted by molar-refractivity contribution is 5.09. The molecular formula is C15H25N3. The molecule has 3 heteroatoms. The second kappa shape index (κ2) is 6.86. The highest BCUT2D eigenvalue weighted by atomic mass is 15.1. The van der Waals surface area contributed by atoms with Gasteiger partial charge in [0.2, 0.25) is 0 Å². The molecule has 1 aliphatic rings. The van der Waals surface area contributed by atoms with Crippen LogP contribution in [0.5, 0.6) is 0 Å². The van der Waals surface area contributed by atoms with Gasteiger partial charge in [-0.2, -0.15) is 0 Å². The molecule has 100 valence electrons. The second-order valence-electron chi connectivity index (χ2n) is 5.49. The van der Waals surface area contributed by atoms with Gasteiger partial charge in [0.15, 0.2) is 0 Å². The van der Waals surface area contributed by atoms with E-state index in [1.54, 1.807) is 0 Å². The van der Waals surface area contributed by atoms with Crippen molar-refractivity contribution >= 4 is 0 Å². The molecule has 0 bridgehead atoms. The molecule has 1 saturated carbocycles. The minimum absolute atomic E-state index is 0.638. The first-order valence-corrected chi connectivity index (χ1v) is 7.04. The molecule has 0 aliphatic heterocycles. The summed E-state index contributed by atoms with van der Waals surface area (Å²) in [6.07, 6.45) is 9.36. The molecule has 1 fully saturated rings. The van der Waals surface area contributed by atoms with Crippen molar-refractivity contribution in [3.05, 3.63) is 30.1 Å². The van der Waals surface area contributed by atoms with E-state index in [1.807, 2.05) is 12.4 Å². The summed E-state index contributed by atoms with van der Waals surface area (Å²) in [5.41, 5.74) is 1.34. The fourth-order valence-electron chi connectivity index (χ4n) is 3.04. The predicted octanol–water partition coefficient (Wildman–Crippen LogP) is 2.29. The normalized spacial score (nSPS) is 18.4. The maximum Gasteiger partial charge on any atom is 0.0271 e. The number of pyridine rings is 1. The minimum atomic E-state index is 0.638. The lowest BCUT2D eigenvalue weighted by Gasteiger charge is -2.28. The van der Waals surface area contributed by atoms with E-state index in [0.29, 0.717) is 6.04 Å². The Bertz CT molecular complexity index is 333. The van der Waals surface area contributed by atoms with Gasteiger partial charge in [0.1, 0.15) is 0 Å². The summed E-state index contributed by atoms with van der Waals surface area (Å²) >= 11 is 0. The molecule has 1 aliphatic carbocycles. The summed E-state index contributed by atoms with van der Waals surface area (Å²) in [6, 6.07) is 4.83. The second-order valence-corrected chi connectivity index (χ2v) is 5.49. The van der Waals surface area contributed by atoms with Crippen LogP contribution in [-0.4, -0.2) is 36.6 Å². The fraction of sp³-hybridized carbons (Fsp3) is 0.667. The Kier molecular flexibility index (Phi) is 5.14. The van der Waals surface area contributed by atoms with Gasteiger partial charge >= 0.3 is 0 Å². The van der Waals surface area contributed by atoms with Crippen LogP contribution in [0.3, 0.4) is 0 Å². The third kappa shape index (κ3) is 3.79. The van der Waals surface area contributed by atoms with E-state index in [1.165, 1.54) is 31.2 Å². The number of aromatic nitrogens is 1. The summed E-state index contributed by atoms with van der Waals surface area (Å²) in [7, 11) is 4.31. The Hall–Kier alpha value is -0.930. The molecule has 1 N–H and O–H groups in total. The minimum Gasteiger partial charge on any atom is -0.315 e. The van der Waals surface area contributed by atoms with Gasteiger partial charge in [0.05, 0.1) is 0 Å². The zero-order chi connectivity index (χ0) is 12.8. The van der Waals surface area contributed by atoms with E-state index >= 15 is 0 Å². The van der Waals surface area contributed by atoms with Crippen molar-refractivity contribution in [3.8, 4) is 0 Å². The number of hydrogen-bond acceptors (Lipinski definition) is 3. The summed E-state index contributed by atoms with van der Waals surface area (Å²) in [4.78, 5) is 6.47. The molecule has 3 nitrogen and oxygen atoms in total. The van der Waals surface area contributed by atoms with Crippen LogP contribution in [0.1, 0.15) is 31.2 Å². The van der Waals surface area contributed by atoms with Gasteiger partial charge in [0, 0.05) is 31.5 Å². The van der Waals surface area contributed by atoms with Crippen LogP contribution >= 0.6 is 0 Å². The third-order valence-corrected chi connectivity index (χ3v) is 4.05. The van der Waals surface area contributed by atoms with Gasteiger partial charge in [-0.05, 0) is 50.6 Å². The van der Waals surface area contributed by atoms with Crippen molar-refractivity contribution < 1.29 is 0 Å². The van der Waals surface area contributed by atoms with Gasteiger partial charge < -0.3 is 10.2 Å². The maximum absolute atomic E-state index is 4.06. The van der Waals surface area contributed by atoms with Gasteiger partial charge in [0.25, 0.3) is 0 Å². The predicted molar refractivity (Wildman–Crippen MR) is 75.4 cm³/mol. The van der Waals surface area contributed by atoms with Crippen molar-refractivity contribution in [2.45, 2.75) is 38.3 Å². The Morgan fingerprint density at radius 3 is 2.61 bits per heavy atom. The molecule has 0 radical (unpaired) electrons. The highest BCUT2D eigenvalue weighted by Crippen LogP contribution is 2.28. The molecule has 0 spiro atoms. The van der Waals surface area contributed by atoms with Gasteiger partial charge in [-0.25, -0.2) is 0 Å². The molecule has 18 heavy (non-hydrogen) atoms. The third-order valence-electron chi connectivity index (χ3n) is 4.05. The van der Waals surface area contributed by atoms with E-state index in [-0.39, 0.29) is 0 Å². The molecule has 1 heterocycles. The number of nitrogens with one attached hydrogen (secondary N) is 1. The largest absolute Gasteiger partial charge is 0.315 e. The zero-order valence-electron chi connectivity index (χ0n) is 11.6. The van der Waals surface area contributed by atoms with Crippen molar-refractivity contribution in [2.24, 2.45) is 5.92 Å². The van der Waals surface area contributed by atoms with E-state index in [2.05, 4.69) is 41.4 Å². The summed E-state index contributed by atoms with van der Waals surface area (Å²) < 4.78 is 0. The van der Waals surface area contributed by atoms with Crippen LogP contribution in [0, 0.1) is 5.92 Å². The molecule has 0 saturated heterocycles. The van der Waals surface area contributed by atoms with Crippen molar-refractivity contribution in [1.29, 1.82) is 0 Å². The van der Waals surface area contributed by atoms with E-state index < -0.39 is 0 Å². The lowest BCUT2D eigenvalue weighted by molar-refractivity contribution is 0.243. The Balaban J connectivity index is 1.83. The molecule has 1 atom stereocenters. The SMILES string of the molecule is CNC(CN(C)Cc1ccncc1)C1CCCC1. The summed E-state index contributed by atoms with van der Waals surface area (Å²) in [6.45, 7) is 2.14. The zero-order valence-corrected chi connectivity index (χ0v) is 11.6. The molecule has 2 rings (SSSR count). The van der Waals surface area contributed by atoms with Crippen LogP contribution < -0.4 is 5.32 Å². The molecule has 1 unspecified atom stereocenters. The Morgan fingerprint density at radius 1 is 1.33 bits per heavy atom. The maximum atomic E-state index is 4.06. The van der Waals surface area contributed by atoms with Crippen molar-refractivity contribution in [2.75, 3.05) is 20.6 Å². The summed E-state index contributed by atoms with van der Waals surface area (Å²) in [5, 5.41) is 3.51.